The molecule has 0 atom stereocenters. The van der Waals surface area contributed by atoms with Gasteiger partial charge in [0.05, 0.1) is 16.8 Å². The van der Waals surface area contributed by atoms with Crippen LogP contribution in [-0.4, -0.2) is 10.9 Å². The number of carbonyl (C=O) groups excluding carboxylic acids is 1. The molecule has 0 spiro atoms. The molecule has 4 heteroatoms. The lowest BCUT2D eigenvalue weighted by Crippen LogP contribution is -2.18. The maximum atomic E-state index is 14.1. The Morgan fingerprint density at radius 2 is 1.50 bits per heavy atom. The molecule has 0 aliphatic heterocycles. The Bertz CT molecular complexity index is 1650. The highest BCUT2D eigenvalue weighted by Gasteiger charge is 2.22. The largest absolute Gasteiger partial charge is 0.489 e. The van der Waals surface area contributed by atoms with Crippen molar-refractivity contribution in [3.8, 4) is 17.0 Å². The first kappa shape index (κ1) is 27.1. The standard InChI is InChI=1S/C36H36N2O2/c1-6-27-14-11-15-28(7-2)35(27)38-36(39)32-25(5)34(37-33-24(4)20-23(3)21-31(32)33)29-16-18-30(19-17-29)40-22-26-12-9-8-10-13-26/h8-21H,6-7,22H2,1-5H3,(H,38,39). The monoisotopic (exact) mass is 528 g/mol. The number of benzene rings is 4. The van der Waals surface area contributed by atoms with Crippen molar-refractivity contribution in [3.63, 3.8) is 0 Å². The number of rotatable bonds is 8. The molecule has 1 amide bonds. The van der Waals surface area contributed by atoms with Gasteiger partial charge in [-0.3, -0.25) is 4.79 Å². The first-order valence-electron chi connectivity index (χ1n) is 14.0. The molecule has 0 bridgehead atoms. The van der Waals surface area contributed by atoms with Crippen LogP contribution in [0.3, 0.4) is 0 Å². The van der Waals surface area contributed by atoms with E-state index in [9.17, 15) is 4.79 Å². The van der Waals surface area contributed by atoms with Crippen LogP contribution >= 0.6 is 0 Å². The molecule has 0 radical (unpaired) electrons. The minimum atomic E-state index is -0.102. The van der Waals surface area contributed by atoms with Gasteiger partial charge in [0.15, 0.2) is 0 Å². The fourth-order valence-corrected chi connectivity index (χ4v) is 5.42. The number of nitrogens with zero attached hydrogens (tertiary/aromatic N) is 1. The van der Waals surface area contributed by atoms with E-state index in [0.29, 0.717) is 12.2 Å². The summed E-state index contributed by atoms with van der Waals surface area (Å²) >= 11 is 0. The van der Waals surface area contributed by atoms with Gasteiger partial charge in [0.25, 0.3) is 5.91 Å². The Hall–Kier alpha value is -4.44. The fraction of sp³-hybridized carbons (Fsp3) is 0.222. The van der Waals surface area contributed by atoms with Crippen LogP contribution in [0.2, 0.25) is 0 Å². The van der Waals surface area contributed by atoms with Gasteiger partial charge in [-0.15, -0.1) is 0 Å². The zero-order chi connectivity index (χ0) is 28.2. The maximum absolute atomic E-state index is 14.1. The number of hydrogen-bond acceptors (Lipinski definition) is 3. The molecule has 4 nitrogen and oxygen atoms in total. The number of anilines is 1. The van der Waals surface area contributed by atoms with Crippen molar-refractivity contribution in [2.75, 3.05) is 5.32 Å². The average molecular weight is 529 g/mol. The van der Waals surface area contributed by atoms with Crippen LogP contribution in [0, 0.1) is 20.8 Å². The van der Waals surface area contributed by atoms with Gasteiger partial charge in [-0.2, -0.15) is 0 Å². The second-order valence-corrected chi connectivity index (χ2v) is 10.3. The summed E-state index contributed by atoms with van der Waals surface area (Å²) < 4.78 is 6.00. The maximum Gasteiger partial charge on any atom is 0.256 e. The summed E-state index contributed by atoms with van der Waals surface area (Å²) in [6.45, 7) is 10.9. The van der Waals surface area contributed by atoms with E-state index in [-0.39, 0.29) is 5.91 Å². The Labute approximate surface area is 237 Å². The molecule has 1 aromatic heterocycles. The molecule has 1 N–H and O–H groups in total. The van der Waals surface area contributed by atoms with Crippen molar-refractivity contribution in [3.05, 3.63) is 124 Å². The van der Waals surface area contributed by atoms with E-state index in [0.717, 1.165) is 79.8 Å². The van der Waals surface area contributed by atoms with Gasteiger partial charge in [0.2, 0.25) is 0 Å². The first-order chi connectivity index (χ1) is 19.4. The number of fused-ring (bicyclic) bond motifs is 1. The second-order valence-electron chi connectivity index (χ2n) is 10.3. The summed E-state index contributed by atoms with van der Waals surface area (Å²) in [5.74, 6) is 0.689. The lowest BCUT2D eigenvalue weighted by Gasteiger charge is -2.19. The first-order valence-corrected chi connectivity index (χ1v) is 14.0. The second kappa shape index (κ2) is 11.7. The van der Waals surface area contributed by atoms with Crippen LogP contribution in [0.25, 0.3) is 22.2 Å². The minimum absolute atomic E-state index is 0.102. The van der Waals surface area contributed by atoms with Crippen LogP contribution in [-0.2, 0) is 19.4 Å². The number of aromatic nitrogens is 1. The minimum Gasteiger partial charge on any atom is -0.489 e. The smallest absolute Gasteiger partial charge is 0.256 e. The van der Waals surface area contributed by atoms with Gasteiger partial charge in [0.1, 0.15) is 12.4 Å². The molecule has 0 aliphatic rings. The third-order valence-electron chi connectivity index (χ3n) is 7.51. The predicted molar refractivity (Wildman–Crippen MR) is 165 cm³/mol. The van der Waals surface area contributed by atoms with Gasteiger partial charge < -0.3 is 10.1 Å². The molecule has 5 aromatic rings. The molecule has 0 aliphatic carbocycles. The van der Waals surface area contributed by atoms with Crippen molar-refractivity contribution in [2.24, 2.45) is 0 Å². The van der Waals surface area contributed by atoms with Crippen LogP contribution in [0.15, 0.2) is 84.9 Å². The van der Waals surface area contributed by atoms with E-state index in [1.807, 2.05) is 49.4 Å². The highest BCUT2D eigenvalue weighted by atomic mass is 16.5. The highest BCUT2D eigenvalue weighted by molar-refractivity contribution is 6.15. The molecular weight excluding hydrogens is 492 g/mol. The molecule has 202 valence electrons. The summed E-state index contributed by atoms with van der Waals surface area (Å²) in [6.07, 6.45) is 1.70. The zero-order valence-corrected chi connectivity index (χ0v) is 24.0. The molecule has 1 heterocycles. The molecule has 40 heavy (non-hydrogen) atoms. The molecule has 0 saturated carbocycles. The summed E-state index contributed by atoms with van der Waals surface area (Å²) in [7, 11) is 0. The van der Waals surface area contributed by atoms with E-state index in [2.05, 4.69) is 75.5 Å². The number of nitrogens with one attached hydrogen (secondary N) is 1. The van der Waals surface area contributed by atoms with E-state index >= 15 is 0 Å². The summed E-state index contributed by atoms with van der Waals surface area (Å²) in [6, 6.07) is 28.6. The van der Waals surface area contributed by atoms with Crippen molar-refractivity contribution in [1.82, 2.24) is 4.98 Å². The number of aryl methyl sites for hydroxylation is 4. The number of amides is 1. The van der Waals surface area contributed by atoms with E-state index in [4.69, 9.17) is 9.72 Å². The van der Waals surface area contributed by atoms with Gasteiger partial charge in [-0.05, 0) is 91.8 Å². The van der Waals surface area contributed by atoms with Crippen molar-refractivity contribution in [1.29, 1.82) is 0 Å². The van der Waals surface area contributed by atoms with Crippen molar-refractivity contribution < 1.29 is 9.53 Å². The third kappa shape index (κ3) is 5.48. The Balaban J connectivity index is 1.56. The number of carbonyl (C=O) groups is 1. The van der Waals surface area contributed by atoms with Crippen LogP contribution in [0.4, 0.5) is 5.69 Å². The molecular formula is C36H36N2O2. The predicted octanol–water partition coefficient (Wildman–Crippen LogP) is 8.78. The van der Waals surface area contributed by atoms with E-state index in [1.54, 1.807) is 0 Å². The highest BCUT2D eigenvalue weighted by Crippen LogP contribution is 2.34. The van der Waals surface area contributed by atoms with E-state index < -0.39 is 0 Å². The Morgan fingerprint density at radius 1 is 0.825 bits per heavy atom. The van der Waals surface area contributed by atoms with Crippen LogP contribution < -0.4 is 10.1 Å². The summed E-state index contributed by atoms with van der Waals surface area (Å²) in [5.41, 5.74) is 10.6. The molecule has 0 fully saturated rings. The number of pyridine rings is 1. The Morgan fingerprint density at radius 3 is 2.15 bits per heavy atom. The summed E-state index contributed by atoms with van der Waals surface area (Å²) in [4.78, 5) is 19.2. The topological polar surface area (TPSA) is 51.2 Å². The van der Waals surface area contributed by atoms with Gasteiger partial charge >= 0.3 is 0 Å². The molecule has 0 unspecified atom stereocenters. The van der Waals surface area contributed by atoms with Gasteiger partial charge in [-0.25, -0.2) is 4.98 Å². The number of hydrogen-bond donors (Lipinski definition) is 1. The van der Waals surface area contributed by atoms with Crippen LogP contribution in [0.1, 0.15) is 57.6 Å². The zero-order valence-electron chi connectivity index (χ0n) is 24.0. The number of ether oxygens (including phenoxy) is 1. The number of para-hydroxylation sites is 1. The SMILES string of the molecule is CCc1cccc(CC)c1NC(=O)c1c(C)c(-c2ccc(OCc3ccccc3)cc2)nc2c(C)cc(C)cc12. The average Bonchev–Trinajstić information content (AvgIpc) is 2.96. The van der Waals surface area contributed by atoms with Crippen molar-refractivity contribution >= 4 is 22.5 Å². The van der Waals surface area contributed by atoms with Crippen LogP contribution in [0.5, 0.6) is 5.75 Å². The fourth-order valence-electron chi connectivity index (χ4n) is 5.42. The van der Waals surface area contributed by atoms with Crippen molar-refractivity contribution in [2.45, 2.75) is 54.1 Å². The van der Waals surface area contributed by atoms with E-state index in [1.165, 1.54) is 0 Å². The molecule has 4 aromatic carbocycles. The third-order valence-corrected chi connectivity index (χ3v) is 7.51. The van der Waals surface area contributed by atoms with Gasteiger partial charge in [0, 0.05) is 16.6 Å². The Kier molecular flexibility index (Phi) is 7.97. The summed E-state index contributed by atoms with van der Waals surface area (Å²) in [5, 5.41) is 4.18. The normalized spacial score (nSPS) is 11.0. The molecule has 5 rings (SSSR count). The quantitative estimate of drug-likeness (QED) is 0.219. The lowest BCUT2D eigenvalue weighted by atomic mass is 9.94. The lowest BCUT2D eigenvalue weighted by molar-refractivity contribution is 0.102. The van der Waals surface area contributed by atoms with Gasteiger partial charge in [-0.1, -0.05) is 74.0 Å². The molecule has 0 saturated heterocycles.